The summed E-state index contributed by atoms with van der Waals surface area (Å²) in [4.78, 5) is 46.0. The van der Waals surface area contributed by atoms with Gasteiger partial charge in [-0.15, -0.1) is 0 Å². The minimum atomic E-state index is -0.963. The number of hydrogen-bond acceptors (Lipinski definition) is 6. The van der Waals surface area contributed by atoms with Crippen molar-refractivity contribution >= 4 is 23.5 Å². The molecule has 0 spiro atoms. The number of ether oxygens (including phenoxy) is 1. The number of ketones is 2. The predicted octanol–water partition coefficient (Wildman–Crippen LogP) is 1.75. The molecule has 0 saturated heterocycles. The average molecular weight is 356 g/mol. The van der Waals surface area contributed by atoms with E-state index in [1.165, 1.54) is 7.11 Å². The van der Waals surface area contributed by atoms with Crippen molar-refractivity contribution in [2.24, 2.45) is 17.8 Å². The molecule has 0 bridgehead atoms. The molecule has 1 saturated carbocycles. The molecule has 4 unspecified atom stereocenters. The number of unbranched alkanes of at least 4 members (excludes halogenated alkanes) is 1. The molecule has 0 radical (unpaired) electrons. The number of hydrogen-bond donors (Lipinski definition) is 2. The predicted molar refractivity (Wildman–Crippen MR) is 88.8 cm³/mol. The molecule has 0 aliphatic heterocycles. The maximum absolute atomic E-state index is 12.0. The van der Waals surface area contributed by atoms with Crippen LogP contribution in [0.15, 0.2) is 0 Å². The standard InChI is InChI=1S/C18H28O7/c1-11(18(23)24)9-14-13(15(20)10-16(14)21)8-7-12(19)5-3-4-6-17(22)25-2/h11,13-15,20H,3-10H2,1-2H3,(H,23,24). The third-order valence-corrected chi connectivity index (χ3v) is 4.93. The first-order chi connectivity index (χ1) is 11.8. The Labute approximate surface area is 147 Å². The van der Waals surface area contributed by atoms with Gasteiger partial charge in [0, 0.05) is 31.6 Å². The molecule has 0 aromatic heterocycles. The summed E-state index contributed by atoms with van der Waals surface area (Å²) in [5.41, 5.74) is 0. The van der Waals surface area contributed by atoms with Crippen LogP contribution in [-0.4, -0.2) is 46.9 Å². The summed E-state index contributed by atoms with van der Waals surface area (Å²) in [5, 5.41) is 19.1. The smallest absolute Gasteiger partial charge is 0.306 e. The first kappa shape index (κ1) is 21.3. The van der Waals surface area contributed by atoms with Crippen molar-refractivity contribution in [2.75, 3.05) is 7.11 Å². The summed E-state index contributed by atoms with van der Waals surface area (Å²) < 4.78 is 4.53. The molecular weight excluding hydrogens is 328 g/mol. The van der Waals surface area contributed by atoms with Crippen LogP contribution in [0, 0.1) is 17.8 Å². The number of Topliss-reactive ketones (excluding diaryl/α,β-unsaturated/α-hetero) is 2. The van der Waals surface area contributed by atoms with Gasteiger partial charge in [0.25, 0.3) is 0 Å². The van der Waals surface area contributed by atoms with Crippen LogP contribution in [0.5, 0.6) is 0 Å². The van der Waals surface area contributed by atoms with Gasteiger partial charge in [-0.25, -0.2) is 0 Å². The number of methoxy groups -OCH3 is 1. The van der Waals surface area contributed by atoms with Crippen LogP contribution in [0.4, 0.5) is 0 Å². The average Bonchev–Trinajstić information content (AvgIpc) is 2.82. The molecule has 0 aromatic rings. The van der Waals surface area contributed by atoms with Crippen LogP contribution in [0.3, 0.4) is 0 Å². The first-order valence-corrected chi connectivity index (χ1v) is 8.78. The quantitative estimate of drug-likeness (QED) is 0.427. The minimum absolute atomic E-state index is 0.0291. The van der Waals surface area contributed by atoms with Gasteiger partial charge >= 0.3 is 11.9 Å². The Hall–Kier alpha value is -1.76. The molecule has 7 heteroatoms. The molecule has 1 aliphatic carbocycles. The van der Waals surface area contributed by atoms with Crippen molar-refractivity contribution in [3.63, 3.8) is 0 Å². The van der Waals surface area contributed by atoms with Gasteiger partial charge in [0.15, 0.2) is 0 Å². The van der Waals surface area contributed by atoms with Crippen LogP contribution < -0.4 is 0 Å². The lowest BCUT2D eigenvalue weighted by molar-refractivity contribution is -0.142. The van der Waals surface area contributed by atoms with E-state index < -0.39 is 23.9 Å². The first-order valence-electron chi connectivity index (χ1n) is 8.78. The minimum Gasteiger partial charge on any atom is -0.481 e. The zero-order valence-corrected chi connectivity index (χ0v) is 14.9. The molecule has 142 valence electrons. The summed E-state index contributed by atoms with van der Waals surface area (Å²) in [5.74, 6) is -2.85. The Balaban J connectivity index is 2.42. The van der Waals surface area contributed by atoms with E-state index in [1.54, 1.807) is 6.92 Å². The highest BCUT2D eigenvalue weighted by Crippen LogP contribution is 2.37. The lowest BCUT2D eigenvalue weighted by Crippen LogP contribution is -2.25. The van der Waals surface area contributed by atoms with E-state index in [1.807, 2.05) is 0 Å². The molecule has 7 nitrogen and oxygen atoms in total. The van der Waals surface area contributed by atoms with E-state index in [0.29, 0.717) is 25.7 Å². The number of aliphatic hydroxyl groups is 1. The molecule has 0 aromatic carbocycles. The van der Waals surface area contributed by atoms with Crippen LogP contribution in [-0.2, 0) is 23.9 Å². The molecule has 25 heavy (non-hydrogen) atoms. The second kappa shape index (κ2) is 10.3. The Morgan fingerprint density at radius 1 is 1.20 bits per heavy atom. The van der Waals surface area contributed by atoms with Crippen LogP contribution >= 0.6 is 0 Å². The number of aliphatic hydroxyl groups excluding tert-OH is 1. The fourth-order valence-corrected chi connectivity index (χ4v) is 3.34. The Kier molecular flexibility index (Phi) is 8.75. The van der Waals surface area contributed by atoms with E-state index in [2.05, 4.69) is 4.74 Å². The van der Waals surface area contributed by atoms with E-state index in [-0.39, 0.29) is 49.1 Å². The topological polar surface area (TPSA) is 118 Å². The van der Waals surface area contributed by atoms with Crippen LogP contribution in [0.25, 0.3) is 0 Å². The SMILES string of the molecule is COC(=O)CCCCC(=O)CCC1C(O)CC(=O)C1CC(C)C(=O)O. The number of esters is 1. The monoisotopic (exact) mass is 356 g/mol. The maximum atomic E-state index is 12.0. The third kappa shape index (κ3) is 6.94. The van der Waals surface area contributed by atoms with E-state index in [4.69, 9.17) is 5.11 Å². The van der Waals surface area contributed by atoms with Crippen molar-refractivity contribution in [3.05, 3.63) is 0 Å². The fourth-order valence-electron chi connectivity index (χ4n) is 3.34. The lowest BCUT2D eigenvalue weighted by Gasteiger charge is -2.22. The summed E-state index contributed by atoms with van der Waals surface area (Å²) in [6.07, 6.45) is 1.90. The number of carboxylic acids is 1. The molecule has 1 aliphatic rings. The van der Waals surface area contributed by atoms with Crippen molar-refractivity contribution in [2.45, 2.75) is 64.4 Å². The normalized spacial score (nSPS) is 24.1. The molecule has 1 rings (SSSR count). The molecule has 0 amide bonds. The van der Waals surface area contributed by atoms with Gasteiger partial charge < -0.3 is 14.9 Å². The largest absolute Gasteiger partial charge is 0.481 e. The van der Waals surface area contributed by atoms with Crippen LogP contribution in [0.1, 0.15) is 58.3 Å². The molecule has 4 atom stereocenters. The third-order valence-electron chi connectivity index (χ3n) is 4.93. The fraction of sp³-hybridized carbons (Fsp3) is 0.778. The summed E-state index contributed by atoms with van der Waals surface area (Å²) in [6.45, 7) is 1.55. The van der Waals surface area contributed by atoms with Gasteiger partial charge in [0.2, 0.25) is 0 Å². The van der Waals surface area contributed by atoms with Crippen molar-refractivity contribution in [3.8, 4) is 0 Å². The number of carbonyl (C=O) groups is 4. The van der Waals surface area contributed by atoms with Crippen LogP contribution in [0.2, 0.25) is 0 Å². The van der Waals surface area contributed by atoms with E-state index in [9.17, 15) is 24.3 Å². The zero-order chi connectivity index (χ0) is 19.0. The molecule has 1 fully saturated rings. The second-order valence-corrected chi connectivity index (χ2v) is 6.84. The van der Waals surface area contributed by atoms with Gasteiger partial charge in [-0.2, -0.15) is 0 Å². The van der Waals surface area contributed by atoms with Gasteiger partial charge in [-0.1, -0.05) is 6.92 Å². The highest BCUT2D eigenvalue weighted by Gasteiger charge is 2.42. The number of carboxylic acid groups (broad SMARTS) is 1. The Bertz CT molecular complexity index is 500. The lowest BCUT2D eigenvalue weighted by atomic mass is 9.83. The molecule has 0 heterocycles. The summed E-state index contributed by atoms with van der Waals surface area (Å²) in [7, 11) is 1.32. The highest BCUT2D eigenvalue weighted by atomic mass is 16.5. The van der Waals surface area contributed by atoms with Gasteiger partial charge in [0.1, 0.15) is 11.6 Å². The Morgan fingerprint density at radius 2 is 1.84 bits per heavy atom. The van der Waals surface area contributed by atoms with Gasteiger partial charge in [0.05, 0.1) is 19.1 Å². The van der Waals surface area contributed by atoms with Crippen molar-refractivity contribution in [1.82, 2.24) is 0 Å². The molecular formula is C18H28O7. The second-order valence-electron chi connectivity index (χ2n) is 6.84. The van der Waals surface area contributed by atoms with Crippen molar-refractivity contribution < 1.29 is 34.1 Å². The summed E-state index contributed by atoms with van der Waals surface area (Å²) >= 11 is 0. The number of carbonyl (C=O) groups excluding carboxylic acids is 3. The van der Waals surface area contributed by atoms with Crippen molar-refractivity contribution in [1.29, 1.82) is 0 Å². The maximum Gasteiger partial charge on any atom is 0.306 e. The van der Waals surface area contributed by atoms with E-state index >= 15 is 0 Å². The zero-order valence-electron chi connectivity index (χ0n) is 14.9. The van der Waals surface area contributed by atoms with Gasteiger partial charge in [-0.05, 0) is 31.6 Å². The molecule has 2 N–H and O–H groups in total. The number of aliphatic carboxylic acids is 1. The highest BCUT2D eigenvalue weighted by molar-refractivity contribution is 5.85. The van der Waals surface area contributed by atoms with Gasteiger partial charge in [-0.3, -0.25) is 19.2 Å². The number of rotatable bonds is 11. The summed E-state index contributed by atoms with van der Waals surface area (Å²) in [6, 6.07) is 0. The van der Waals surface area contributed by atoms with E-state index in [0.717, 1.165) is 0 Å². The Morgan fingerprint density at radius 3 is 2.44 bits per heavy atom.